The summed E-state index contributed by atoms with van der Waals surface area (Å²) >= 11 is 0. The average Bonchev–Trinajstić information content (AvgIpc) is 2.85. The molecule has 0 bridgehead atoms. The third-order valence-corrected chi connectivity index (χ3v) is 2.67. The Morgan fingerprint density at radius 2 is 2.31 bits per heavy atom. The number of ether oxygens (including phenoxy) is 1. The summed E-state index contributed by atoms with van der Waals surface area (Å²) in [7, 11) is 2.30. The Morgan fingerprint density at radius 3 is 2.77 bits per heavy atom. The molecule has 2 unspecified atom stereocenters. The maximum atomic E-state index is 5.28. The van der Waals surface area contributed by atoms with Crippen LogP contribution >= 0.6 is 0 Å². The highest BCUT2D eigenvalue weighted by atomic mass is 16.6. The smallest absolute Gasteiger partial charge is 0.130 e. The molecule has 1 aliphatic heterocycles. The van der Waals surface area contributed by atoms with Crippen molar-refractivity contribution in [1.29, 1.82) is 0 Å². The summed E-state index contributed by atoms with van der Waals surface area (Å²) in [5, 5.41) is 0. The van der Waals surface area contributed by atoms with Gasteiger partial charge >= 0.3 is 0 Å². The normalized spacial score (nSPS) is 25.2. The highest BCUT2D eigenvalue weighted by Crippen LogP contribution is 2.16. The number of rotatable bonds is 7. The molecule has 1 aliphatic rings. The van der Waals surface area contributed by atoms with Gasteiger partial charge in [0.1, 0.15) is 12.6 Å². The molecule has 1 saturated heterocycles. The zero-order chi connectivity index (χ0) is 9.73. The van der Waals surface area contributed by atoms with Gasteiger partial charge in [-0.2, -0.15) is 0 Å². The van der Waals surface area contributed by atoms with E-state index in [1.807, 2.05) is 6.08 Å². The quantitative estimate of drug-likeness (QED) is 0.334. The molecule has 0 aliphatic carbocycles. The van der Waals surface area contributed by atoms with Gasteiger partial charge in [0.25, 0.3) is 0 Å². The third kappa shape index (κ3) is 3.92. The van der Waals surface area contributed by atoms with E-state index in [1.54, 1.807) is 0 Å². The van der Waals surface area contributed by atoms with Crippen LogP contribution in [0.2, 0.25) is 0 Å². The van der Waals surface area contributed by atoms with Crippen molar-refractivity contribution in [2.24, 2.45) is 0 Å². The molecule has 0 amide bonds. The summed E-state index contributed by atoms with van der Waals surface area (Å²) in [6.45, 7) is 10.5. The van der Waals surface area contributed by atoms with Crippen LogP contribution < -0.4 is 0 Å². The fourth-order valence-electron chi connectivity index (χ4n) is 1.77. The molecule has 1 rings (SSSR count). The van der Waals surface area contributed by atoms with Crippen molar-refractivity contribution in [3.63, 3.8) is 0 Å². The summed E-state index contributed by atoms with van der Waals surface area (Å²) in [6, 6.07) is 0. The number of hydrogen-bond acceptors (Lipinski definition) is 1. The first-order valence-corrected chi connectivity index (χ1v) is 5.26. The molecule has 13 heavy (non-hydrogen) atoms. The fourth-order valence-corrected chi connectivity index (χ4v) is 1.77. The van der Waals surface area contributed by atoms with Gasteiger partial charge in [-0.05, 0) is 12.5 Å². The minimum absolute atomic E-state index is 0.529. The van der Waals surface area contributed by atoms with Crippen LogP contribution in [0.3, 0.4) is 0 Å². The van der Waals surface area contributed by atoms with Crippen LogP contribution in [0.5, 0.6) is 0 Å². The van der Waals surface area contributed by atoms with Gasteiger partial charge in [-0.25, -0.2) is 0 Å². The molecule has 2 atom stereocenters. The van der Waals surface area contributed by atoms with Gasteiger partial charge in [0, 0.05) is 0 Å². The van der Waals surface area contributed by atoms with Crippen molar-refractivity contribution in [3.8, 4) is 0 Å². The molecule has 1 fully saturated rings. The Hall–Kier alpha value is -0.340. The lowest BCUT2D eigenvalue weighted by molar-refractivity contribution is -0.904. The molecule has 76 valence electrons. The molecule has 0 N–H and O–H groups in total. The first kappa shape index (κ1) is 10.7. The molecule has 1 heterocycles. The molecule has 0 aromatic carbocycles. The number of quaternary nitrogens is 1. The van der Waals surface area contributed by atoms with E-state index < -0.39 is 0 Å². The van der Waals surface area contributed by atoms with E-state index in [2.05, 4.69) is 20.6 Å². The Morgan fingerprint density at radius 1 is 1.62 bits per heavy atom. The second-order valence-corrected chi connectivity index (χ2v) is 4.31. The van der Waals surface area contributed by atoms with Gasteiger partial charge in [-0.1, -0.05) is 19.9 Å². The van der Waals surface area contributed by atoms with Crippen molar-refractivity contribution in [2.75, 3.05) is 33.3 Å². The largest absolute Gasteiger partial charge is 0.367 e. The fraction of sp³-hybridized carbons (Fsp3) is 0.818. The van der Waals surface area contributed by atoms with E-state index in [-0.39, 0.29) is 0 Å². The van der Waals surface area contributed by atoms with Crippen molar-refractivity contribution in [2.45, 2.75) is 25.9 Å². The Balaban J connectivity index is 2.34. The third-order valence-electron chi connectivity index (χ3n) is 2.67. The monoisotopic (exact) mass is 184 g/mol. The Labute approximate surface area is 81.8 Å². The van der Waals surface area contributed by atoms with Crippen molar-refractivity contribution >= 4 is 0 Å². The van der Waals surface area contributed by atoms with E-state index in [9.17, 15) is 0 Å². The van der Waals surface area contributed by atoms with E-state index in [1.165, 1.54) is 19.4 Å². The van der Waals surface area contributed by atoms with Crippen LogP contribution in [0, 0.1) is 0 Å². The van der Waals surface area contributed by atoms with Crippen LogP contribution in [-0.2, 0) is 4.74 Å². The number of unbranched alkanes of at least 4 members (excludes halogenated alkanes) is 1. The van der Waals surface area contributed by atoms with E-state index in [4.69, 9.17) is 4.74 Å². The Kier molecular flexibility index (Phi) is 3.94. The minimum atomic E-state index is 0.529. The lowest BCUT2D eigenvalue weighted by Gasteiger charge is -2.33. The van der Waals surface area contributed by atoms with Crippen molar-refractivity contribution in [3.05, 3.63) is 12.7 Å². The lowest BCUT2D eigenvalue weighted by atomic mass is 10.2. The zero-order valence-electron chi connectivity index (χ0n) is 8.96. The summed E-state index contributed by atoms with van der Waals surface area (Å²) < 4.78 is 6.38. The first-order valence-electron chi connectivity index (χ1n) is 5.26. The van der Waals surface area contributed by atoms with E-state index in [0.29, 0.717) is 6.10 Å². The predicted octanol–water partition coefficient (Wildman–Crippen LogP) is 1.82. The first-order chi connectivity index (χ1) is 6.20. The summed E-state index contributed by atoms with van der Waals surface area (Å²) in [4.78, 5) is 0. The number of epoxide rings is 1. The van der Waals surface area contributed by atoms with E-state index in [0.717, 1.165) is 24.2 Å². The van der Waals surface area contributed by atoms with Gasteiger partial charge in [0.05, 0.1) is 26.7 Å². The lowest BCUT2D eigenvalue weighted by Crippen LogP contribution is -2.47. The number of likely N-dealkylation sites (N-methyl/N-ethyl adjacent to an activating group) is 1. The van der Waals surface area contributed by atoms with Crippen LogP contribution in [-0.4, -0.2) is 43.9 Å². The predicted molar refractivity (Wildman–Crippen MR) is 55.6 cm³/mol. The van der Waals surface area contributed by atoms with E-state index >= 15 is 0 Å². The number of nitrogens with zero attached hydrogens (tertiary/aromatic N) is 1. The second-order valence-electron chi connectivity index (χ2n) is 4.31. The highest BCUT2D eigenvalue weighted by molar-refractivity contribution is 4.72. The molecule has 2 nitrogen and oxygen atoms in total. The zero-order valence-corrected chi connectivity index (χ0v) is 8.96. The molecule has 0 aromatic heterocycles. The molecule has 0 spiro atoms. The van der Waals surface area contributed by atoms with Crippen LogP contribution in [0.1, 0.15) is 19.8 Å². The second kappa shape index (κ2) is 4.77. The van der Waals surface area contributed by atoms with Gasteiger partial charge in [-0.3, -0.25) is 0 Å². The molecule has 0 saturated carbocycles. The molecule has 0 radical (unpaired) electrons. The van der Waals surface area contributed by atoms with Gasteiger partial charge in [0.15, 0.2) is 0 Å². The van der Waals surface area contributed by atoms with Gasteiger partial charge < -0.3 is 9.22 Å². The Bertz CT molecular complexity index is 165. The summed E-state index contributed by atoms with van der Waals surface area (Å²) in [5.41, 5.74) is 0. The van der Waals surface area contributed by atoms with Gasteiger partial charge in [-0.15, -0.1) is 0 Å². The molecule has 2 heteroatoms. The molecule has 0 aromatic rings. The molecular weight excluding hydrogens is 162 g/mol. The maximum absolute atomic E-state index is 5.28. The maximum Gasteiger partial charge on any atom is 0.130 e. The summed E-state index contributed by atoms with van der Waals surface area (Å²) in [6.07, 6.45) is 5.13. The van der Waals surface area contributed by atoms with Crippen LogP contribution in [0.4, 0.5) is 0 Å². The molecular formula is C11H22NO+. The highest BCUT2D eigenvalue weighted by Gasteiger charge is 2.32. The topological polar surface area (TPSA) is 12.5 Å². The average molecular weight is 184 g/mol. The summed E-state index contributed by atoms with van der Waals surface area (Å²) in [5.74, 6) is 0. The minimum Gasteiger partial charge on any atom is -0.367 e. The van der Waals surface area contributed by atoms with Crippen LogP contribution in [0.25, 0.3) is 0 Å². The number of hydrogen-bond donors (Lipinski definition) is 0. The standard InChI is InChI=1S/C11H22NO/c1-4-6-8-12(3,7-5-2)9-11-10-13-11/h5,11H,2,4,6-10H2,1,3H3/q+1. The van der Waals surface area contributed by atoms with Gasteiger partial charge in [0.2, 0.25) is 0 Å². The van der Waals surface area contributed by atoms with Crippen molar-refractivity contribution in [1.82, 2.24) is 0 Å². The van der Waals surface area contributed by atoms with Crippen molar-refractivity contribution < 1.29 is 9.22 Å². The van der Waals surface area contributed by atoms with Crippen LogP contribution in [0.15, 0.2) is 12.7 Å². The SMILES string of the molecule is C=CC[N+](C)(CCCC)CC1CO1.